The highest BCUT2D eigenvalue weighted by Crippen LogP contribution is 2.22. The predicted molar refractivity (Wildman–Crippen MR) is 84.7 cm³/mol. The Labute approximate surface area is 118 Å². The van der Waals surface area contributed by atoms with Gasteiger partial charge in [0.15, 0.2) is 0 Å². The van der Waals surface area contributed by atoms with E-state index < -0.39 is 0 Å². The molecule has 104 valence electrons. The Hall–Kier alpha value is -0.300. The van der Waals surface area contributed by atoms with E-state index in [2.05, 4.69) is 26.8 Å². The van der Waals surface area contributed by atoms with Crippen molar-refractivity contribution in [1.82, 2.24) is 0 Å². The standard InChI is InChI=1S/C17H30S/c1-4-5-6-7-8-9-10-11-12-13-17-14-15(2)16(3)18-17/h14H,4-13H2,1-3H3. The summed E-state index contributed by atoms with van der Waals surface area (Å²) in [6.45, 7) is 6.75. The highest BCUT2D eigenvalue weighted by molar-refractivity contribution is 7.12. The van der Waals surface area contributed by atoms with E-state index in [4.69, 9.17) is 0 Å². The van der Waals surface area contributed by atoms with Crippen molar-refractivity contribution in [2.24, 2.45) is 0 Å². The molecule has 18 heavy (non-hydrogen) atoms. The van der Waals surface area contributed by atoms with Gasteiger partial charge in [-0.3, -0.25) is 0 Å². The van der Waals surface area contributed by atoms with Crippen molar-refractivity contribution in [2.45, 2.75) is 85.0 Å². The van der Waals surface area contributed by atoms with E-state index >= 15 is 0 Å². The van der Waals surface area contributed by atoms with Gasteiger partial charge in [-0.1, -0.05) is 58.3 Å². The first-order valence-electron chi connectivity index (χ1n) is 7.80. The van der Waals surface area contributed by atoms with E-state index in [9.17, 15) is 0 Å². The zero-order valence-electron chi connectivity index (χ0n) is 12.6. The van der Waals surface area contributed by atoms with Crippen LogP contribution in [-0.4, -0.2) is 0 Å². The second-order valence-electron chi connectivity index (χ2n) is 5.53. The number of thiophene rings is 1. The van der Waals surface area contributed by atoms with E-state index in [1.54, 1.807) is 4.88 Å². The highest BCUT2D eigenvalue weighted by Gasteiger charge is 2.01. The van der Waals surface area contributed by atoms with Crippen molar-refractivity contribution in [2.75, 3.05) is 0 Å². The summed E-state index contributed by atoms with van der Waals surface area (Å²) in [5.41, 5.74) is 1.48. The maximum absolute atomic E-state index is 2.38. The van der Waals surface area contributed by atoms with Crippen molar-refractivity contribution >= 4 is 11.3 Å². The third-order valence-electron chi connectivity index (χ3n) is 3.74. The van der Waals surface area contributed by atoms with Crippen LogP contribution in [0.2, 0.25) is 0 Å². The van der Waals surface area contributed by atoms with Gasteiger partial charge in [0, 0.05) is 9.75 Å². The van der Waals surface area contributed by atoms with Gasteiger partial charge in [0.1, 0.15) is 0 Å². The summed E-state index contributed by atoms with van der Waals surface area (Å²) in [6.07, 6.45) is 14.1. The van der Waals surface area contributed by atoms with Crippen molar-refractivity contribution in [3.05, 3.63) is 21.4 Å². The lowest BCUT2D eigenvalue weighted by atomic mass is 10.1. The highest BCUT2D eigenvalue weighted by atomic mass is 32.1. The third-order valence-corrected chi connectivity index (χ3v) is 4.96. The average molecular weight is 266 g/mol. The zero-order chi connectivity index (χ0) is 13.2. The minimum atomic E-state index is 1.30. The number of unbranched alkanes of at least 4 members (excludes halogenated alkanes) is 8. The van der Waals surface area contributed by atoms with Gasteiger partial charge in [-0.2, -0.15) is 0 Å². The normalized spacial score (nSPS) is 11.1. The van der Waals surface area contributed by atoms with Crippen LogP contribution >= 0.6 is 11.3 Å². The van der Waals surface area contributed by atoms with Gasteiger partial charge < -0.3 is 0 Å². The number of aryl methyl sites for hydroxylation is 3. The summed E-state index contributed by atoms with van der Waals surface area (Å²) in [6, 6.07) is 2.38. The molecule has 0 nitrogen and oxygen atoms in total. The first kappa shape index (κ1) is 15.8. The van der Waals surface area contributed by atoms with E-state index in [1.807, 2.05) is 11.3 Å². The van der Waals surface area contributed by atoms with Crippen LogP contribution in [0.1, 0.15) is 80.0 Å². The summed E-state index contributed by atoms with van der Waals surface area (Å²) in [4.78, 5) is 3.09. The Bertz CT molecular complexity index is 292. The molecule has 0 fully saturated rings. The maximum atomic E-state index is 2.38. The van der Waals surface area contributed by atoms with Crippen molar-refractivity contribution < 1.29 is 0 Å². The average Bonchev–Trinajstić information content (AvgIpc) is 2.67. The van der Waals surface area contributed by atoms with Gasteiger partial charge in [-0.25, -0.2) is 0 Å². The van der Waals surface area contributed by atoms with Crippen LogP contribution in [0, 0.1) is 13.8 Å². The summed E-state index contributed by atoms with van der Waals surface area (Å²) < 4.78 is 0. The van der Waals surface area contributed by atoms with Crippen LogP contribution in [0.25, 0.3) is 0 Å². The van der Waals surface area contributed by atoms with Crippen LogP contribution in [0.5, 0.6) is 0 Å². The molecule has 1 rings (SSSR count). The molecule has 0 amide bonds. The molecule has 0 aromatic carbocycles. The summed E-state index contributed by atoms with van der Waals surface area (Å²) in [5.74, 6) is 0. The Morgan fingerprint density at radius 3 is 1.89 bits per heavy atom. The molecular weight excluding hydrogens is 236 g/mol. The molecule has 1 aromatic heterocycles. The van der Waals surface area contributed by atoms with Crippen LogP contribution in [0.15, 0.2) is 6.07 Å². The lowest BCUT2D eigenvalue weighted by Gasteiger charge is -2.01. The van der Waals surface area contributed by atoms with Gasteiger partial charge in [0.25, 0.3) is 0 Å². The number of hydrogen-bond acceptors (Lipinski definition) is 1. The first-order chi connectivity index (χ1) is 8.74. The molecule has 0 unspecified atom stereocenters. The molecule has 0 saturated carbocycles. The quantitative estimate of drug-likeness (QED) is 0.427. The topological polar surface area (TPSA) is 0 Å². The fourth-order valence-electron chi connectivity index (χ4n) is 2.38. The fraction of sp³-hybridized carbons (Fsp3) is 0.765. The fourth-order valence-corrected chi connectivity index (χ4v) is 3.48. The third kappa shape index (κ3) is 6.58. The Morgan fingerprint density at radius 1 is 0.833 bits per heavy atom. The van der Waals surface area contributed by atoms with Crippen LogP contribution < -0.4 is 0 Å². The maximum Gasteiger partial charge on any atom is 0.00508 e. The van der Waals surface area contributed by atoms with E-state index in [-0.39, 0.29) is 0 Å². The number of hydrogen-bond donors (Lipinski definition) is 0. The van der Waals surface area contributed by atoms with Gasteiger partial charge in [0.2, 0.25) is 0 Å². The monoisotopic (exact) mass is 266 g/mol. The van der Waals surface area contributed by atoms with E-state index in [0.29, 0.717) is 0 Å². The molecule has 0 bridgehead atoms. The molecule has 0 aliphatic rings. The summed E-state index contributed by atoms with van der Waals surface area (Å²) in [5, 5.41) is 0. The van der Waals surface area contributed by atoms with Crippen LogP contribution in [0.3, 0.4) is 0 Å². The summed E-state index contributed by atoms with van der Waals surface area (Å²) in [7, 11) is 0. The molecule has 0 atom stereocenters. The van der Waals surface area contributed by atoms with Crippen molar-refractivity contribution in [1.29, 1.82) is 0 Å². The zero-order valence-corrected chi connectivity index (χ0v) is 13.4. The Morgan fingerprint density at radius 2 is 1.39 bits per heavy atom. The minimum Gasteiger partial charge on any atom is -0.145 e. The van der Waals surface area contributed by atoms with Gasteiger partial charge in [-0.05, 0) is 38.3 Å². The molecule has 0 aliphatic heterocycles. The van der Waals surface area contributed by atoms with Gasteiger partial charge >= 0.3 is 0 Å². The van der Waals surface area contributed by atoms with Crippen LogP contribution in [-0.2, 0) is 6.42 Å². The molecule has 0 radical (unpaired) electrons. The lowest BCUT2D eigenvalue weighted by Crippen LogP contribution is -1.83. The first-order valence-corrected chi connectivity index (χ1v) is 8.61. The van der Waals surface area contributed by atoms with Crippen molar-refractivity contribution in [3.8, 4) is 0 Å². The SMILES string of the molecule is CCCCCCCCCCCc1cc(C)c(C)s1. The second kappa shape index (κ2) is 9.61. The summed E-state index contributed by atoms with van der Waals surface area (Å²) >= 11 is 1.99. The molecule has 0 saturated heterocycles. The van der Waals surface area contributed by atoms with Gasteiger partial charge in [-0.15, -0.1) is 11.3 Å². The molecule has 1 aromatic rings. The molecule has 1 heteroatoms. The van der Waals surface area contributed by atoms with E-state index in [1.165, 1.54) is 74.6 Å². The number of rotatable bonds is 10. The Kier molecular flexibility index (Phi) is 8.41. The largest absolute Gasteiger partial charge is 0.145 e. The van der Waals surface area contributed by atoms with Gasteiger partial charge in [0.05, 0.1) is 0 Å². The predicted octanol–water partition coefficient (Wildman–Crippen LogP) is 6.44. The smallest absolute Gasteiger partial charge is 0.00508 e. The minimum absolute atomic E-state index is 1.30. The molecule has 0 spiro atoms. The second-order valence-corrected chi connectivity index (χ2v) is 6.87. The lowest BCUT2D eigenvalue weighted by molar-refractivity contribution is 0.565. The molecular formula is C17H30S. The van der Waals surface area contributed by atoms with E-state index in [0.717, 1.165) is 0 Å². The van der Waals surface area contributed by atoms with Crippen molar-refractivity contribution in [3.63, 3.8) is 0 Å². The Balaban J connectivity index is 1.92. The van der Waals surface area contributed by atoms with Crippen LogP contribution in [0.4, 0.5) is 0 Å². The molecule has 1 heterocycles. The molecule has 0 aliphatic carbocycles. The molecule has 0 N–H and O–H groups in total.